The van der Waals surface area contributed by atoms with Gasteiger partial charge in [0.05, 0.1) is 0 Å². The molecule has 0 aromatic heterocycles. The first-order valence-electron chi connectivity index (χ1n) is 5.39. The second-order valence-corrected chi connectivity index (χ2v) is 6.50. The maximum atomic E-state index is 4.89. The predicted octanol–water partition coefficient (Wildman–Crippen LogP) is 3.13. The molecule has 0 saturated heterocycles. The zero-order valence-corrected chi connectivity index (χ0v) is 8.69. The molecule has 4 aliphatic rings. The standard InChI is InChI=1S/C11H18S/c1-7-9-2-8-3-10(7)6-11(12,4-8)5-9/h7-10,12H,2-6H2,1H3. The third-order valence-corrected chi connectivity index (χ3v) is 5.26. The monoisotopic (exact) mass is 182 g/mol. The van der Waals surface area contributed by atoms with Gasteiger partial charge in [-0.1, -0.05) is 6.92 Å². The molecular formula is C11H18S. The molecule has 12 heavy (non-hydrogen) atoms. The fraction of sp³-hybridized carbons (Fsp3) is 1.00. The van der Waals surface area contributed by atoms with E-state index in [0.29, 0.717) is 4.75 Å². The minimum absolute atomic E-state index is 0.475. The second kappa shape index (κ2) is 2.23. The topological polar surface area (TPSA) is 0 Å². The van der Waals surface area contributed by atoms with Gasteiger partial charge in [-0.2, -0.15) is 12.6 Å². The van der Waals surface area contributed by atoms with E-state index in [4.69, 9.17) is 12.6 Å². The number of hydrogen-bond donors (Lipinski definition) is 1. The Morgan fingerprint density at radius 2 is 1.67 bits per heavy atom. The lowest BCUT2D eigenvalue weighted by molar-refractivity contribution is -0.0116. The van der Waals surface area contributed by atoms with Crippen molar-refractivity contribution >= 4 is 12.6 Å². The normalized spacial score (nSPS) is 62.5. The summed E-state index contributed by atoms with van der Waals surface area (Å²) in [7, 11) is 0. The van der Waals surface area contributed by atoms with Crippen LogP contribution in [-0.4, -0.2) is 4.75 Å². The zero-order valence-electron chi connectivity index (χ0n) is 7.79. The van der Waals surface area contributed by atoms with Crippen molar-refractivity contribution < 1.29 is 0 Å². The molecule has 4 rings (SSSR count). The quantitative estimate of drug-likeness (QED) is 0.547. The Hall–Kier alpha value is 0.350. The van der Waals surface area contributed by atoms with E-state index >= 15 is 0 Å². The summed E-state index contributed by atoms with van der Waals surface area (Å²) >= 11 is 4.89. The molecule has 4 aliphatic carbocycles. The van der Waals surface area contributed by atoms with Crippen LogP contribution in [0.25, 0.3) is 0 Å². The van der Waals surface area contributed by atoms with Gasteiger partial charge in [0.15, 0.2) is 0 Å². The molecule has 0 aromatic rings. The lowest BCUT2D eigenvalue weighted by Crippen LogP contribution is -2.51. The highest BCUT2D eigenvalue weighted by atomic mass is 32.1. The molecule has 0 heterocycles. The van der Waals surface area contributed by atoms with Gasteiger partial charge in [-0.3, -0.25) is 0 Å². The summed E-state index contributed by atoms with van der Waals surface area (Å²) in [6.45, 7) is 2.48. The maximum Gasteiger partial charge on any atom is 0.0138 e. The van der Waals surface area contributed by atoms with Crippen LogP contribution in [-0.2, 0) is 0 Å². The minimum Gasteiger partial charge on any atom is -0.172 e. The predicted molar refractivity (Wildman–Crippen MR) is 54.4 cm³/mol. The minimum atomic E-state index is 0.475. The highest BCUT2D eigenvalue weighted by Crippen LogP contribution is 2.60. The fourth-order valence-electron chi connectivity index (χ4n) is 4.24. The average Bonchev–Trinajstić information content (AvgIpc) is 1.96. The van der Waals surface area contributed by atoms with Gasteiger partial charge >= 0.3 is 0 Å². The van der Waals surface area contributed by atoms with Crippen LogP contribution in [0.4, 0.5) is 0 Å². The molecule has 4 bridgehead atoms. The van der Waals surface area contributed by atoms with Gasteiger partial charge in [-0.15, -0.1) is 0 Å². The van der Waals surface area contributed by atoms with Crippen molar-refractivity contribution in [1.29, 1.82) is 0 Å². The highest BCUT2D eigenvalue weighted by molar-refractivity contribution is 7.81. The summed E-state index contributed by atoms with van der Waals surface area (Å²) in [6, 6.07) is 0. The Labute approximate surface area is 80.5 Å². The molecule has 1 heteroatoms. The Morgan fingerprint density at radius 3 is 2.17 bits per heavy atom. The van der Waals surface area contributed by atoms with E-state index in [-0.39, 0.29) is 0 Å². The van der Waals surface area contributed by atoms with Crippen LogP contribution < -0.4 is 0 Å². The van der Waals surface area contributed by atoms with Crippen LogP contribution >= 0.6 is 12.6 Å². The summed E-state index contributed by atoms with van der Waals surface area (Å²) in [5, 5.41) is 0. The van der Waals surface area contributed by atoms with Gasteiger partial charge in [-0.05, 0) is 55.8 Å². The van der Waals surface area contributed by atoms with Crippen molar-refractivity contribution in [3.63, 3.8) is 0 Å². The summed E-state index contributed by atoms with van der Waals surface area (Å²) in [4.78, 5) is 0. The molecule has 0 spiro atoms. The lowest BCUT2D eigenvalue weighted by atomic mass is 9.52. The summed E-state index contributed by atoms with van der Waals surface area (Å²) in [5.41, 5.74) is 0. The van der Waals surface area contributed by atoms with E-state index in [9.17, 15) is 0 Å². The molecular weight excluding hydrogens is 164 g/mol. The summed E-state index contributed by atoms with van der Waals surface area (Å²) in [5.74, 6) is 4.14. The molecule has 0 N–H and O–H groups in total. The van der Waals surface area contributed by atoms with Crippen LogP contribution in [0.15, 0.2) is 0 Å². The largest absolute Gasteiger partial charge is 0.172 e. The Bertz CT molecular complexity index is 195. The van der Waals surface area contributed by atoms with Crippen LogP contribution in [0.2, 0.25) is 0 Å². The molecule has 0 nitrogen and oxygen atoms in total. The molecule has 4 saturated carbocycles. The Kier molecular flexibility index (Phi) is 1.44. The first-order valence-corrected chi connectivity index (χ1v) is 5.83. The molecule has 4 fully saturated rings. The molecule has 0 aromatic carbocycles. The van der Waals surface area contributed by atoms with Gasteiger partial charge in [0.1, 0.15) is 0 Å². The van der Waals surface area contributed by atoms with E-state index in [2.05, 4.69) is 6.92 Å². The van der Waals surface area contributed by atoms with Crippen LogP contribution in [0.3, 0.4) is 0 Å². The van der Waals surface area contributed by atoms with E-state index in [1.165, 1.54) is 32.1 Å². The van der Waals surface area contributed by atoms with Gasteiger partial charge in [0.25, 0.3) is 0 Å². The zero-order chi connectivity index (χ0) is 8.34. The molecule has 0 radical (unpaired) electrons. The van der Waals surface area contributed by atoms with Crippen molar-refractivity contribution in [2.45, 2.75) is 43.8 Å². The fourth-order valence-corrected chi connectivity index (χ4v) is 4.96. The van der Waals surface area contributed by atoms with E-state index in [1.54, 1.807) is 0 Å². The van der Waals surface area contributed by atoms with Crippen LogP contribution in [0.1, 0.15) is 39.0 Å². The smallest absolute Gasteiger partial charge is 0.0138 e. The van der Waals surface area contributed by atoms with E-state index < -0.39 is 0 Å². The van der Waals surface area contributed by atoms with Crippen molar-refractivity contribution in [2.75, 3.05) is 0 Å². The number of rotatable bonds is 0. The van der Waals surface area contributed by atoms with Crippen molar-refractivity contribution in [3.05, 3.63) is 0 Å². The third-order valence-electron chi connectivity index (χ3n) is 4.71. The Balaban J connectivity index is 1.95. The molecule has 0 aliphatic heterocycles. The Morgan fingerprint density at radius 1 is 1.08 bits per heavy atom. The average molecular weight is 182 g/mol. The second-order valence-electron chi connectivity index (χ2n) is 5.55. The summed E-state index contributed by atoms with van der Waals surface area (Å²) < 4.78 is 0.475. The first kappa shape index (κ1) is 7.73. The number of thiol groups is 1. The van der Waals surface area contributed by atoms with Crippen molar-refractivity contribution in [2.24, 2.45) is 23.7 Å². The third kappa shape index (κ3) is 0.921. The molecule has 2 unspecified atom stereocenters. The van der Waals surface area contributed by atoms with Crippen LogP contribution in [0, 0.1) is 23.7 Å². The van der Waals surface area contributed by atoms with Crippen molar-refractivity contribution in [3.8, 4) is 0 Å². The molecule has 0 amide bonds. The first-order chi connectivity index (χ1) is 5.66. The molecule has 2 atom stereocenters. The van der Waals surface area contributed by atoms with Gasteiger partial charge in [0.2, 0.25) is 0 Å². The molecule has 68 valence electrons. The number of hydrogen-bond acceptors (Lipinski definition) is 1. The van der Waals surface area contributed by atoms with Gasteiger partial charge in [-0.25, -0.2) is 0 Å². The van der Waals surface area contributed by atoms with Gasteiger partial charge < -0.3 is 0 Å². The lowest BCUT2D eigenvalue weighted by Gasteiger charge is -2.58. The van der Waals surface area contributed by atoms with Crippen molar-refractivity contribution in [1.82, 2.24) is 0 Å². The van der Waals surface area contributed by atoms with Gasteiger partial charge in [0, 0.05) is 4.75 Å². The van der Waals surface area contributed by atoms with Crippen LogP contribution in [0.5, 0.6) is 0 Å². The van der Waals surface area contributed by atoms with E-state index in [1.807, 2.05) is 0 Å². The maximum absolute atomic E-state index is 4.89. The SMILES string of the molecule is CC1C2CC3CC1CC(S)(C3)C2. The van der Waals surface area contributed by atoms with E-state index in [0.717, 1.165) is 23.7 Å². The highest BCUT2D eigenvalue weighted by Gasteiger charge is 2.52. The summed E-state index contributed by atoms with van der Waals surface area (Å²) in [6.07, 6.45) is 7.32.